The molecule has 4 atom stereocenters. The molecule has 9 heteroatoms. The largest absolute Gasteiger partial charge is 0.478 e. The highest BCUT2D eigenvalue weighted by molar-refractivity contribution is 5.87. The summed E-state index contributed by atoms with van der Waals surface area (Å²) in [4.78, 5) is 23.4. The highest BCUT2D eigenvalue weighted by atomic mass is 16.6. The molecule has 0 saturated carbocycles. The van der Waals surface area contributed by atoms with Gasteiger partial charge in [-0.15, -0.1) is 0 Å². The van der Waals surface area contributed by atoms with Gasteiger partial charge in [-0.1, -0.05) is 6.08 Å². The van der Waals surface area contributed by atoms with E-state index in [1.165, 1.54) is 11.1 Å². The van der Waals surface area contributed by atoms with E-state index in [1.54, 1.807) is 12.3 Å². The van der Waals surface area contributed by atoms with E-state index < -0.39 is 36.5 Å². The zero-order valence-electron chi connectivity index (χ0n) is 11.7. The summed E-state index contributed by atoms with van der Waals surface area (Å²) in [5, 5.41) is 29.0. The number of allylic oxidation sites excluding steroid dienone is 1. The number of nitrogens with zero attached hydrogens (tertiary/aromatic N) is 1. The summed E-state index contributed by atoms with van der Waals surface area (Å²) in [6.07, 6.45) is 0.305. The fraction of sp³-hybridized carbons (Fsp3) is 0.538. The van der Waals surface area contributed by atoms with E-state index in [4.69, 9.17) is 20.3 Å². The molecular weight excluding hydrogens is 296 g/mol. The third kappa shape index (κ3) is 3.45. The Hall–Kier alpha value is -1.94. The molecule has 0 aromatic carbocycles. The summed E-state index contributed by atoms with van der Waals surface area (Å²) < 4.78 is 10.3. The van der Waals surface area contributed by atoms with E-state index >= 15 is 0 Å². The lowest BCUT2D eigenvalue weighted by Gasteiger charge is -2.28. The summed E-state index contributed by atoms with van der Waals surface area (Å²) in [5.41, 5.74) is 5.23. The molecule has 5 N–H and O–H groups in total. The molecular formula is C13H18N2O7. The van der Waals surface area contributed by atoms with Crippen molar-refractivity contribution in [2.24, 2.45) is 5.73 Å². The Morgan fingerprint density at radius 2 is 2.14 bits per heavy atom. The van der Waals surface area contributed by atoms with Crippen molar-refractivity contribution >= 4 is 11.9 Å². The first kappa shape index (κ1) is 16.4. The number of aliphatic carboxylic acids is 1. The molecule has 0 aromatic rings. The van der Waals surface area contributed by atoms with Crippen LogP contribution in [0.2, 0.25) is 0 Å². The van der Waals surface area contributed by atoms with Gasteiger partial charge in [0.15, 0.2) is 6.23 Å². The standard InChI is InChI=1S/C13H18N2O7/c14-4-9(16)21-6-8-10(17)11(18)12(22-8)15-3-1-2-7(5-15)13(19)20/h1,3,5,8,10-12,17-18H,2,4,6,14H2,(H,19,20)/t8-,10-,11-,12-/m1/s1. The van der Waals surface area contributed by atoms with Gasteiger partial charge in [0.25, 0.3) is 0 Å². The second-order valence-electron chi connectivity index (χ2n) is 4.93. The number of carboxylic acids is 1. The van der Waals surface area contributed by atoms with Gasteiger partial charge in [0.05, 0.1) is 12.1 Å². The number of aliphatic hydroxyl groups excluding tert-OH is 2. The smallest absolute Gasteiger partial charge is 0.333 e. The summed E-state index contributed by atoms with van der Waals surface area (Å²) in [6.45, 7) is -0.549. The summed E-state index contributed by atoms with van der Waals surface area (Å²) in [7, 11) is 0. The van der Waals surface area contributed by atoms with Crippen LogP contribution in [-0.4, -0.2) is 69.8 Å². The summed E-state index contributed by atoms with van der Waals surface area (Å²) >= 11 is 0. The van der Waals surface area contributed by atoms with Crippen molar-refractivity contribution in [2.75, 3.05) is 13.2 Å². The molecule has 22 heavy (non-hydrogen) atoms. The average Bonchev–Trinajstić information content (AvgIpc) is 2.80. The quantitative estimate of drug-likeness (QED) is 0.429. The molecule has 1 saturated heterocycles. The maximum Gasteiger partial charge on any atom is 0.333 e. The van der Waals surface area contributed by atoms with E-state index in [1.807, 2.05) is 0 Å². The maximum absolute atomic E-state index is 11.0. The van der Waals surface area contributed by atoms with Crippen molar-refractivity contribution in [3.05, 3.63) is 24.0 Å². The van der Waals surface area contributed by atoms with Crippen molar-refractivity contribution in [3.8, 4) is 0 Å². The van der Waals surface area contributed by atoms with Gasteiger partial charge in [0.2, 0.25) is 0 Å². The number of esters is 1. The fourth-order valence-corrected chi connectivity index (χ4v) is 2.23. The Kier molecular flexibility index (Phi) is 5.14. The average molecular weight is 314 g/mol. The first-order valence-electron chi connectivity index (χ1n) is 6.69. The number of aliphatic hydroxyl groups is 2. The maximum atomic E-state index is 11.0. The summed E-state index contributed by atoms with van der Waals surface area (Å²) in [5.74, 6) is -1.73. The van der Waals surface area contributed by atoms with Crippen LogP contribution < -0.4 is 5.73 Å². The highest BCUT2D eigenvalue weighted by Crippen LogP contribution is 2.27. The van der Waals surface area contributed by atoms with E-state index in [2.05, 4.69) is 0 Å². The normalized spacial score (nSPS) is 31.0. The first-order valence-corrected chi connectivity index (χ1v) is 6.69. The van der Waals surface area contributed by atoms with Gasteiger partial charge in [0, 0.05) is 18.8 Å². The zero-order valence-corrected chi connectivity index (χ0v) is 11.7. The number of nitrogens with two attached hydrogens (primary N) is 1. The van der Waals surface area contributed by atoms with Gasteiger partial charge >= 0.3 is 11.9 Å². The number of hydrogen-bond acceptors (Lipinski definition) is 8. The molecule has 0 aromatic heterocycles. The van der Waals surface area contributed by atoms with E-state index in [9.17, 15) is 19.8 Å². The molecule has 2 aliphatic heterocycles. The number of ether oxygens (including phenoxy) is 2. The van der Waals surface area contributed by atoms with Gasteiger partial charge in [-0.25, -0.2) is 4.79 Å². The van der Waals surface area contributed by atoms with Crippen molar-refractivity contribution in [1.82, 2.24) is 4.90 Å². The van der Waals surface area contributed by atoms with Crippen molar-refractivity contribution in [1.29, 1.82) is 0 Å². The number of carbonyl (C=O) groups excluding carboxylic acids is 1. The van der Waals surface area contributed by atoms with Crippen LogP contribution in [0.15, 0.2) is 24.0 Å². The van der Waals surface area contributed by atoms with Gasteiger partial charge in [-0.05, 0) is 0 Å². The van der Waals surface area contributed by atoms with Crippen LogP contribution >= 0.6 is 0 Å². The lowest BCUT2D eigenvalue weighted by Crippen LogP contribution is -2.40. The highest BCUT2D eigenvalue weighted by Gasteiger charge is 2.45. The zero-order chi connectivity index (χ0) is 16.3. The van der Waals surface area contributed by atoms with Gasteiger partial charge in [-0.2, -0.15) is 0 Å². The lowest BCUT2D eigenvalue weighted by molar-refractivity contribution is -0.148. The minimum atomic E-state index is -1.28. The van der Waals surface area contributed by atoms with Crippen LogP contribution in [0.3, 0.4) is 0 Å². The molecule has 0 unspecified atom stereocenters. The molecule has 122 valence electrons. The number of rotatable bonds is 5. The fourth-order valence-electron chi connectivity index (χ4n) is 2.23. The Balaban J connectivity index is 2.03. The van der Waals surface area contributed by atoms with Crippen LogP contribution in [0.1, 0.15) is 6.42 Å². The Bertz CT molecular complexity index is 505. The van der Waals surface area contributed by atoms with Gasteiger partial charge in [0.1, 0.15) is 24.9 Å². The minimum absolute atomic E-state index is 0.130. The molecule has 0 amide bonds. The third-order valence-electron chi connectivity index (χ3n) is 3.40. The Morgan fingerprint density at radius 1 is 1.41 bits per heavy atom. The van der Waals surface area contributed by atoms with Gasteiger partial charge < -0.3 is 35.4 Å². The first-order chi connectivity index (χ1) is 10.4. The SMILES string of the molecule is NCC(=O)OC[C@H]1O[C@@H](N2C=CCC(C(=O)O)=C2)[C@H](O)[C@@H]1O. The minimum Gasteiger partial charge on any atom is -0.478 e. The monoisotopic (exact) mass is 314 g/mol. The van der Waals surface area contributed by atoms with E-state index in [-0.39, 0.29) is 25.1 Å². The van der Waals surface area contributed by atoms with E-state index in [0.29, 0.717) is 0 Å². The number of carboxylic acid groups (broad SMARTS) is 1. The van der Waals surface area contributed by atoms with Crippen LogP contribution in [-0.2, 0) is 19.1 Å². The van der Waals surface area contributed by atoms with Crippen LogP contribution in [0.4, 0.5) is 0 Å². The molecule has 9 nitrogen and oxygen atoms in total. The molecule has 0 bridgehead atoms. The van der Waals surface area contributed by atoms with Crippen molar-refractivity contribution in [2.45, 2.75) is 31.0 Å². The summed E-state index contributed by atoms with van der Waals surface area (Å²) in [6, 6.07) is 0. The van der Waals surface area contributed by atoms with Crippen LogP contribution in [0, 0.1) is 0 Å². The second-order valence-corrected chi connectivity index (χ2v) is 4.93. The lowest BCUT2D eigenvalue weighted by atomic mass is 10.1. The predicted molar refractivity (Wildman–Crippen MR) is 72.0 cm³/mol. The number of carbonyl (C=O) groups is 2. The predicted octanol–water partition coefficient (Wildman–Crippen LogP) is -1.88. The molecule has 2 rings (SSSR count). The van der Waals surface area contributed by atoms with Gasteiger partial charge in [-0.3, -0.25) is 4.79 Å². The van der Waals surface area contributed by atoms with E-state index in [0.717, 1.165) is 0 Å². The number of hydrogen-bond donors (Lipinski definition) is 4. The topological polar surface area (TPSA) is 143 Å². The van der Waals surface area contributed by atoms with Crippen molar-refractivity contribution in [3.63, 3.8) is 0 Å². The molecule has 1 fully saturated rings. The third-order valence-corrected chi connectivity index (χ3v) is 3.40. The van der Waals surface area contributed by atoms with Crippen LogP contribution in [0.5, 0.6) is 0 Å². The molecule has 0 spiro atoms. The Labute approximate surface area is 126 Å². The molecule has 0 aliphatic carbocycles. The molecule has 2 heterocycles. The molecule has 2 aliphatic rings. The van der Waals surface area contributed by atoms with Crippen LogP contribution in [0.25, 0.3) is 0 Å². The molecule has 0 radical (unpaired) electrons. The Morgan fingerprint density at radius 3 is 2.77 bits per heavy atom. The second kappa shape index (κ2) is 6.88. The van der Waals surface area contributed by atoms with Crippen molar-refractivity contribution < 1.29 is 34.4 Å².